The van der Waals surface area contributed by atoms with E-state index in [4.69, 9.17) is 0 Å². The molecule has 7 heteroatoms. The van der Waals surface area contributed by atoms with Crippen LogP contribution in [-0.2, 0) is 0 Å². The molecule has 3 aromatic heterocycles. The van der Waals surface area contributed by atoms with E-state index in [-0.39, 0.29) is 11.9 Å². The summed E-state index contributed by atoms with van der Waals surface area (Å²) in [5, 5.41) is 5.47. The summed E-state index contributed by atoms with van der Waals surface area (Å²) < 4.78 is 1.93. The van der Waals surface area contributed by atoms with Crippen molar-refractivity contribution in [2.24, 2.45) is 0 Å². The number of aromatic amines is 1. The summed E-state index contributed by atoms with van der Waals surface area (Å²) in [5.74, 6) is 0.0726. The molecule has 134 valence electrons. The lowest BCUT2D eigenvalue weighted by molar-refractivity contribution is 0.0501. The molecule has 27 heavy (non-hydrogen) atoms. The van der Waals surface area contributed by atoms with E-state index >= 15 is 0 Å². The maximum Gasteiger partial charge on any atom is 0.253 e. The van der Waals surface area contributed by atoms with Crippen LogP contribution >= 0.6 is 0 Å². The Bertz CT molecular complexity index is 1120. The highest BCUT2D eigenvalue weighted by Gasteiger charge is 2.33. The summed E-state index contributed by atoms with van der Waals surface area (Å²) in [6.45, 7) is 3.34. The van der Waals surface area contributed by atoms with Gasteiger partial charge in [0.2, 0.25) is 0 Å². The van der Waals surface area contributed by atoms with Crippen molar-refractivity contribution in [3.05, 3.63) is 66.4 Å². The molecule has 5 rings (SSSR count). The molecule has 0 atom stereocenters. The molecule has 1 amide bonds. The molecule has 0 saturated carbocycles. The summed E-state index contributed by atoms with van der Waals surface area (Å²) >= 11 is 0. The number of carbonyl (C=O) groups excluding carboxylic acids is 1. The quantitative estimate of drug-likeness (QED) is 0.611. The lowest BCUT2D eigenvalue weighted by Gasteiger charge is -2.39. The first kappa shape index (κ1) is 15.7. The average molecular weight is 358 g/mol. The Morgan fingerprint density at radius 1 is 1.15 bits per heavy atom. The topological polar surface area (TPSA) is 79.7 Å². The van der Waals surface area contributed by atoms with Gasteiger partial charge in [0.05, 0.1) is 17.9 Å². The van der Waals surface area contributed by atoms with Crippen LogP contribution in [0.4, 0.5) is 0 Å². The molecule has 0 aliphatic carbocycles. The summed E-state index contributed by atoms with van der Waals surface area (Å²) in [6, 6.07) is 9.86. The number of hydrogen-bond donors (Lipinski definition) is 1. The van der Waals surface area contributed by atoms with E-state index in [0.29, 0.717) is 13.1 Å². The van der Waals surface area contributed by atoms with Gasteiger partial charge in [0, 0.05) is 42.0 Å². The number of H-pyrrole nitrogens is 1. The van der Waals surface area contributed by atoms with Crippen LogP contribution in [0.3, 0.4) is 0 Å². The first-order valence-corrected chi connectivity index (χ1v) is 8.87. The number of rotatable bonds is 3. The fourth-order valence-corrected chi connectivity index (χ4v) is 3.43. The minimum Gasteiger partial charge on any atom is -0.346 e. The van der Waals surface area contributed by atoms with Crippen LogP contribution in [0.15, 0.2) is 55.2 Å². The van der Waals surface area contributed by atoms with Gasteiger partial charge >= 0.3 is 0 Å². The number of benzene rings is 1. The van der Waals surface area contributed by atoms with Gasteiger partial charge in [-0.3, -0.25) is 9.48 Å². The molecule has 1 saturated heterocycles. The third-order valence-corrected chi connectivity index (χ3v) is 5.05. The highest BCUT2D eigenvalue weighted by molar-refractivity contribution is 5.94. The second-order valence-corrected chi connectivity index (χ2v) is 6.90. The number of amides is 1. The number of fused-ring (bicyclic) bond motifs is 1. The molecule has 0 bridgehead atoms. The van der Waals surface area contributed by atoms with Crippen molar-refractivity contribution in [3.8, 4) is 11.3 Å². The predicted octanol–water partition coefficient (Wildman–Crippen LogP) is 2.83. The minimum absolute atomic E-state index is 0.0726. The van der Waals surface area contributed by atoms with E-state index in [2.05, 4.69) is 20.1 Å². The largest absolute Gasteiger partial charge is 0.346 e. The van der Waals surface area contributed by atoms with Gasteiger partial charge in [-0.15, -0.1) is 0 Å². The van der Waals surface area contributed by atoms with E-state index in [1.807, 2.05) is 65.4 Å². The molecule has 7 nitrogen and oxygen atoms in total. The van der Waals surface area contributed by atoms with Crippen LogP contribution < -0.4 is 0 Å². The van der Waals surface area contributed by atoms with Gasteiger partial charge in [0.25, 0.3) is 5.91 Å². The maximum absolute atomic E-state index is 12.5. The summed E-state index contributed by atoms with van der Waals surface area (Å²) in [5.41, 5.74) is 4.50. The highest BCUT2D eigenvalue weighted by Crippen LogP contribution is 2.28. The van der Waals surface area contributed by atoms with Gasteiger partial charge in [-0.05, 0) is 25.1 Å². The molecular weight excluding hydrogens is 340 g/mol. The van der Waals surface area contributed by atoms with Gasteiger partial charge in [0.15, 0.2) is 0 Å². The average Bonchev–Trinajstić information content (AvgIpc) is 3.30. The van der Waals surface area contributed by atoms with Crippen molar-refractivity contribution < 1.29 is 4.79 Å². The van der Waals surface area contributed by atoms with E-state index in [9.17, 15) is 4.79 Å². The van der Waals surface area contributed by atoms with Crippen LogP contribution in [0.25, 0.3) is 22.3 Å². The molecule has 0 unspecified atom stereocenters. The number of carbonyl (C=O) groups is 1. The Morgan fingerprint density at radius 2 is 1.96 bits per heavy atom. The first-order valence-electron chi connectivity index (χ1n) is 8.87. The maximum atomic E-state index is 12.5. The van der Waals surface area contributed by atoms with Crippen LogP contribution in [0.1, 0.15) is 22.0 Å². The van der Waals surface area contributed by atoms with E-state index in [1.165, 1.54) is 0 Å². The first-order chi connectivity index (χ1) is 13.2. The number of aryl methyl sites for hydroxylation is 1. The van der Waals surface area contributed by atoms with E-state index < -0.39 is 0 Å². The van der Waals surface area contributed by atoms with Crippen molar-refractivity contribution in [3.63, 3.8) is 0 Å². The van der Waals surface area contributed by atoms with Gasteiger partial charge < -0.3 is 9.88 Å². The third kappa shape index (κ3) is 2.68. The number of nitrogens with zero attached hydrogens (tertiary/aromatic N) is 5. The van der Waals surface area contributed by atoms with Crippen molar-refractivity contribution in [1.82, 2.24) is 29.6 Å². The van der Waals surface area contributed by atoms with Crippen molar-refractivity contribution in [2.75, 3.05) is 13.1 Å². The Balaban J connectivity index is 1.31. The molecule has 0 radical (unpaired) electrons. The summed E-state index contributed by atoms with van der Waals surface area (Å²) in [6.07, 6.45) is 7.22. The predicted molar refractivity (Wildman–Crippen MR) is 101 cm³/mol. The fourth-order valence-electron chi connectivity index (χ4n) is 3.43. The van der Waals surface area contributed by atoms with Gasteiger partial charge in [0.1, 0.15) is 12.0 Å². The number of aromatic nitrogens is 5. The van der Waals surface area contributed by atoms with Crippen LogP contribution in [0, 0.1) is 6.92 Å². The summed E-state index contributed by atoms with van der Waals surface area (Å²) in [4.78, 5) is 26.1. The number of nitrogens with one attached hydrogen (secondary N) is 1. The monoisotopic (exact) mass is 358 g/mol. The molecule has 1 aliphatic rings. The molecular formula is C20H18N6O. The van der Waals surface area contributed by atoms with Gasteiger partial charge in [-0.25, -0.2) is 9.97 Å². The normalized spacial score (nSPS) is 14.5. The van der Waals surface area contributed by atoms with Crippen molar-refractivity contribution in [2.45, 2.75) is 13.0 Å². The second kappa shape index (κ2) is 6.05. The molecule has 1 N–H and O–H groups in total. The lowest BCUT2D eigenvalue weighted by Crippen LogP contribution is -2.50. The standard InChI is InChI=1S/C20H18N6O/c1-13-2-4-14(5-3-13)20(27)25-10-16(11-25)26-9-15(8-24-26)18-17-6-7-21-19(17)23-12-22-18/h2-9,12,16H,10-11H2,1H3,(H,21,22,23). The van der Waals surface area contributed by atoms with Crippen molar-refractivity contribution >= 4 is 16.9 Å². The Kier molecular flexibility index (Phi) is 3.53. The molecule has 4 aromatic rings. The Morgan fingerprint density at radius 3 is 2.78 bits per heavy atom. The molecule has 0 spiro atoms. The van der Waals surface area contributed by atoms with E-state index in [1.54, 1.807) is 6.33 Å². The second-order valence-electron chi connectivity index (χ2n) is 6.90. The molecule has 1 aromatic carbocycles. The van der Waals surface area contributed by atoms with Gasteiger partial charge in [-0.2, -0.15) is 5.10 Å². The Labute approximate surface area is 155 Å². The van der Waals surface area contributed by atoms with Crippen molar-refractivity contribution in [1.29, 1.82) is 0 Å². The van der Waals surface area contributed by atoms with Gasteiger partial charge in [-0.1, -0.05) is 17.7 Å². The van der Waals surface area contributed by atoms with Crippen LogP contribution in [0.2, 0.25) is 0 Å². The number of likely N-dealkylation sites (tertiary alicyclic amines) is 1. The molecule has 1 aliphatic heterocycles. The SMILES string of the molecule is Cc1ccc(C(=O)N2CC(n3cc(-c4ncnc5[nH]ccc45)cn3)C2)cc1. The van der Waals surface area contributed by atoms with Crippen LogP contribution in [-0.4, -0.2) is 48.6 Å². The minimum atomic E-state index is 0.0726. The van der Waals surface area contributed by atoms with Crippen LogP contribution in [0.5, 0.6) is 0 Å². The molecule has 1 fully saturated rings. The third-order valence-electron chi connectivity index (χ3n) is 5.05. The highest BCUT2D eigenvalue weighted by atomic mass is 16.2. The molecule has 4 heterocycles. The zero-order valence-electron chi connectivity index (χ0n) is 14.8. The smallest absolute Gasteiger partial charge is 0.253 e. The lowest BCUT2D eigenvalue weighted by atomic mass is 10.1. The number of hydrogen-bond acceptors (Lipinski definition) is 4. The zero-order valence-corrected chi connectivity index (χ0v) is 14.8. The zero-order chi connectivity index (χ0) is 18.4. The summed E-state index contributed by atoms with van der Waals surface area (Å²) in [7, 11) is 0. The fraction of sp³-hybridized carbons (Fsp3) is 0.200. The Hall–Kier alpha value is -3.48. The van der Waals surface area contributed by atoms with E-state index in [0.717, 1.165) is 33.4 Å².